The Morgan fingerprint density at radius 3 is 2.88 bits per heavy atom. The molecule has 2 aromatic rings. The minimum absolute atomic E-state index is 0.0216. The molecule has 1 atom stereocenters. The van der Waals surface area contributed by atoms with E-state index >= 15 is 0 Å². The molecular weight excluding hydrogens is 326 g/mol. The number of hydrogen-bond acceptors (Lipinski definition) is 3. The molecule has 0 aliphatic carbocycles. The minimum Gasteiger partial charge on any atom is -0.492 e. The van der Waals surface area contributed by atoms with E-state index in [2.05, 4.69) is 0 Å². The van der Waals surface area contributed by atoms with Crippen molar-refractivity contribution in [2.75, 3.05) is 19.8 Å². The molecule has 2 aromatic carbocycles. The zero-order valence-electron chi connectivity index (χ0n) is 13.3. The van der Waals surface area contributed by atoms with Gasteiger partial charge in [0, 0.05) is 30.3 Å². The Bertz CT molecular complexity index is 719. The third-order valence-electron chi connectivity index (χ3n) is 4.16. The van der Waals surface area contributed by atoms with Crippen LogP contribution in [-0.4, -0.2) is 35.7 Å². The first-order valence-corrected chi connectivity index (χ1v) is 8.42. The number of fused-ring (bicyclic) bond motifs is 1. The summed E-state index contributed by atoms with van der Waals surface area (Å²) in [5.74, 6) is 0.508. The van der Waals surface area contributed by atoms with Gasteiger partial charge in [0.1, 0.15) is 18.3 Å². The van der Waals surface area contributed by atoms with Gasteiger partial charge >= 0.3 is 0 Å². The van der Waals surface area contributed by atoms with Crippen molar-refractivity contribution in [3.05, 3.63) is 64.7 Å². The number of rotatable bonds is 6. The molecule has 0 saturated carbocycles. The molecular formula is C19H20ClNO3. The van der Waals surface area contributed by atoms with Gasteiger partial charge in [-0.05, 0) is 30.2 Å². The van der Waals surface area contributed by atoms with Gasteiger partial charge in [0.25, 0.3) is 0 Å². The predicted molar refractivity (Wildman–Crippen MR) is 93.2 cm³/mol. The minimum atomic E-state index is -0.293. The summed E-state index contributed by atoms with van der Waals surface area (Å²) in [7, 11) is 0. The standard InChI is InChI=1S/C19H20ClNO3/c20-15-6-3-5-14(11-15)12-21(9-4-10-22)19(23)17-13-24-18-8-2-1-7-16(17)18/h1-3,5-8,11,17,22H,4,9-10,12-13H2. The van der Waals surface area contributed by atoms with E-state index in [4.69, 9.17) is 21.4 Å². The van der Waals surface area contributed by atoms with Gasteiger partial charge in [0.2, 0.25) is 5.91 Å². The Balaban J connectivity index is 1.79. The van der Waals surface area contributed by atoms with Gasteiger partial charge in [-0.15, -0.1) is 0 Å². The molecule has 3 rings (SSSR count). The molecule has 1 aliphatic heterocycles. The maximum absolute atomic E-state index is 13.0. The average Bonchev–Trinajstić information content (AvgIpc) is 3.02. The summed E-state index contributed by atoms with van der Waals surface area (Å²) in [4.78, 5) is 14.8. The smallest absolute Gasteiger partial charge is 0.234 e. The zero-order valence-corrected chi connectivity index (χ0v) is 14.1. The van der Waals surface area contributed by atoms with Crippen molar-refractivity contribution in [3.8, 4) is 5.75 Å². The third-order valence-corrected chi connectivity index (χ3v) is 4.39. The summed E-state index contributed by atoms with van der Waals surface area (Å²) in [6.45, 7) is 1.39. The molecule has 1 amide bonds. The van der Waals surface area contributed by atoms with E-state index in [1.54, 1.807) is 4.90 Å². The second kappa shape index (κ2) is 7.69. The first-order valence-electron chi connectivity index (χ1n) is 8.05. The van der Waals surface area contributed by atoms with Crippen molar-refractivity contribution in [3.63, 3.8) is 0 Å². The Labute approximate surface area is 146 Å². The Morgan fingerprint density at radius 2 is 2.08 bits per heavy atom. The van der Waals surface area contributed by atoms with E-state index in [1.807, 2.05) is 48.5 Å². The predicted octanol–water partition coefficient (Wildman–Crippen LogP) is 3.23. The van der Waals surface area contributed by atoms with Gasteiger partial charge in [-0.25, -0.2) is 0 Å². The van der Waals surface area contributed by atoms with E-state index in [0.29, 0.717) is 31.1 Å². The lowest BCUT2D eigenvalue weighted by molar-refractivity contribution is -0.133. The highest BCUT2D eigenvalue weighted by atomic mass is 35.5. The molecule has 1 unspecified atom stereocenters. The summed E-state index contributed by atoms with van der Waals surface area (Å²) in [5.41, 5.74) is 1.91. The zero-order chi connectivity index (χ0) is 16.9. The maximum atomic E-state index is 13.0. The number of hydrogen-bond donors (Lipinski definition) is 1. The molecule has 126 valence electrons. The van der Waals surface area contributed by atoms with Crippen LogP contribution in [0, 0.1) is 0 Å². The number of aliphatic hydroxyl groups is 1. The summed E-state index contributed by atoms with van der Waals surface area (Å²) in [5, 5.41) is 9.80. The summed E-state index contributed by atoms with van der Waals surface area (Å²) >= 11 is 6.04. The molecule has 1 N–H and O–H groups in total. The molecule has 0 bridgehead atoms. The number of carbonyl (C=O) groups is 1. The fourth-order valence-corrected chi connectivity index (χ4v) is 3.18. The van der Waals surface area contributed by atoms with E-state index in [-0.39, 0.29) is 18.4 Å². The second-order valence-corrected chi connectivity index (χ2v) is 6.30. The van der Waals surface area contributed by atoms with Gasteiger partial charge in [-0.1, -0.05) is 41.9 Å². The molecule has 0 saturated heterocycles. The largest absolute Gasteiger partial charge is 0.492 e. The number of para-hydroxylation sites is 1. The fourth-order valence-electron chi connectivity index (χ4n) is 2.97. The first kappa shape index (κ1) is 16.8. The number of nitrogens with zero attached hydrogens (tertiary/aromatic N) is 1. The van der Waals surface area contributed by atoms with Crippen LogP contribution in [0.2, 0.25) is 5.02 Å². The molecule has 4 nitrogen and oxygen atoms in total. The number of carbonyl (C=O) groups excluding carboxylic acids is 1. The van der Waals surface area contributed by atoms with Crippen molar-refractivity contribution >= 4 is 17.5 Å². The molecule has 1 aliphatic rings. The highest BCUT2D eigenvalue weighted by Gasteiger charge is 2.33. The second-order valence-electron chi connectivity index (χ2n) is 5.87. The van der Waals surface area contributed by atoms with Crippen LogP contribution < -0.4 is 4.74 Å². The summed E-state index contributed by atoms with van der Waals surface area (Å²) in [6.07, 6.45) is 0.543. The van der Waals surface area contributed by atoms with Crippen LogP contribution in [0.25, 0.3) is 0 Å². The number of ether oxygens (including phenoxy) is 1. The number of amides is 1. The van der Waals surface area contributed by atoms with E-state index in [9.17, 15) is 4.79 Å². The van der Waals surface area contributed by atoms with Crippen molar-refractivity contribution < 1.29 is 14.6 Å². The molecule has 1 heterocycles. The lowest BCUT2D eigenvalue weighted by atomic mass is 9.99. The van der Waals surface area contributed by atoms with Crippen LogP contribution in [0.15, 0.2) is 48.5 Å². The monoisotopic (exact) mass is 345 g/mol. The third kappa shape index (κ3) is 3.71. The highest BCUT2D eigenvalue weighted by Crippen LogP contribution is 2.35. The summed E-state index contributed by atoms with van der Waals surface area (Å²) in [6, 6.07) is 15.1. The average molecular weight is 346 g/mol. The van der Waals surface area contributed by atoms with E-state index < -0.39 is 0 Å². The van der Waals surface area contributed by atoms with Crippen LogP contribution in [-0.2, 0) is 11.3 Å². The van der Waals surface area contributed by atoms with Crippen LogP contribution in [0.4, 0.5) is 0 Å². The van der Waals surface area contributed by atoms with Crippen LogP contribution in [0.5, 0.6) is 5.75 Å². The van der Waals surface area contributed by atoms with Crippen molar-refractivity contribution in [2.45, 2.75) is 18.9 Å². The maximum Gasteiger partial charge on any atom is 0.234 e. The first-order chi connectivity index (χ1) is 11.7. The van der Waals surface area contributed by atoms with Crippen LogP contribution in [0.3, 0.4) is 0 Å². The van der Waals surface area contributed by atoms with Gasteiger partial charge in [0.05, 0.1) is 0 Å². The fraction of sp³-hybridized carbons (Fsp3) is 0.316. The van der Waals surface area contributed by atoms with E-state index in [1.165, 1.54) is 0 Å². The lowest BCUT2D eigenvalue weighted by Gasteiger charge is -2.25. The number of aliphatic hydroxyl groups excluding tert-OH is 1. The van der Waals surface area contributed by atoms with Gasteiger partial charge in [-0.2, -0.15) is 0 Å². The SMILES string of the molecule is O=C(C1COc2ccccc21)N(CCCO)Cc1cccc(Cl)c1. The quantitative estimate of drug-likeness (QED) is 0.874. The van der Waals surface area contributed by atoms with Gasteiger partial charge in [-0.3, -0.25) is 4.79 Å². The number of benzene rings is 2. The Kier molecular flexibility index (Phi) is 5.38. The topological polar surface area (TPSA) is 49.8 Å². The van der Waals surface area contributed by atoms with Crippen LogP contribution >= 0.6 is 11.6 Å². The molecule has 0 fully saturated rings. The van der Waals surface area contributed by atoms with Crippen LogP contribution in [0.1, 0.15) is 23.5 Å². The van der Waals surface area contributed by atoms with Gasteiger partial charge < -0.3 is 14.7 Å². The number of halogens is 1. The molecule has 0 spiro atoms. The highest BCUT2D eigenvalue weighted by molar-refractivity contribution is 6.30. The van der Waals surface area contributed by atoms with Crippen molar-refractivity contribution in [1.82, 2.24) is 4.90 Å². The normalized spacial score (nSPS) is 15.7. The Hall–Kier alpha value is -2.04. The Morgan fingerprint density at radius 1 is 1.25 bits per heavy atom. The molecule has 0 aromatic heterocycles. The summed E-state index contributed by atoms with van der Waals surface area (Å²) < 4.78 is 5.64. The van der Waals surface area contributed by atoms with E-state index in [0.717, 1.165) is 16.9 Å². The lowest BCUT2D eigenvalue weighted by Crippen LogP contribution is -2.36. The molecule has 5 heteroatoms. The molecule has 0 radical (unpaired) electrons. The van der Waals surface area contributed by atoms with Crippen molar-refractivity contribution in [1.29, 1.82) is 0 Å². The molecule has 24 heavy (non-hydrogen) atoms. The van der Waals surface area contributed by atoms with Gasteiger partial charge in [0.15, 0.2) is 0 Å². The van der Waals surface area contributed by atoms with Crippen molar-refractivity contribution in [2.24, 2.45) is 0 Å².